The lowest BCUT2D eigenvalue weighted by molar-refractivity contribution is 0.726. The molecular formula is C23H30N2. The van der Waals surface area contributed by atoms with Gasteiger partial charge in [0.05, 0.1) is 0 Å². The van der Waals surface area contributed by atoms with Crippen LogP contribution in [0.25, 0.3) is 0 Å². The van der Waals surface area contributed by atoms with Crippen molar-refractivity contribution in [3.8, 4) is 0 Å². The number of hydrogen-bond donors (Lipinski definition) is 0. The van der Waals surface area contributed by atoms with Crippen LogP contribution in [0, 0.1) is 0 Å². The molecular weight excluding hydrogens is 304 g/mol. The van der Waals surface area contributed by atoms with Gasteiger partial charge >= 0.3 is 0 Å². The van der Waals surface area contributed by atoms with Crippen molar-refractivity contribution in [2.45, 2.75) is 44.9 Å². The molecule has 0 aromatic heterocycles. The van der Waals surface area contributed by atoms with Crippen LogP contribution in [0.5, 0.6) is 0 Å². The van der Waals surface area contributed by atoms with E-state index in [1.165, 1.54) is 87.2 Å². The van der Waals surface area contributed by atoms with E-state index in [-0.39, 0.29) is 0 Å². The normalized spacial score (nSPS) is 18.4. The molecule has 2 aliphatic rings. The molecule has 2 aromatic carbocycles. The predicted octanol–water partition coefficient (Wildman–Crippen LogP) is 5.26. The molecule has 2 aliphatic heterocycles. The molecule has 25 heavy (non-hydrogen) atoms. The maximum Gasteiger partial charge on any atom is 0.0422 e. The molecule has 0 spiro atoms. The van der Waals surface area contributed by atoms with E-state index in [1.54, 1.807) is 0 Å². The summed E-state index contributed by atoms with van der Waals surface area (Å²) >= 11 is 0. The van der Waals surface area contributed by atoms with Crippen molar-refractivity contribution in [2.24, 2.45) is 0 Å². The summed E-state index contributed by atoms with van der Waals surface area (Å²) in [5.41, 5.74) is 5.79. The van der Waals surface area contributed by atoms with E-state index in [2.05, 4.69) is 58.3 Å². The first kappa shape index (κ1) is 16.5. The third-order valence-corrected chi connectivity index (χ3v) is 5.72. The number of anilines is 2. The van der Waals surface area contributed by atoms with Gasteiger partial charge in [-0.3, -0.25) is 0 Å². The Balaban J connectivity index is 1.63. The van der Waals surface area contributed by atoms with E-state index in [0.29, 0.717) is 0 Å². The first-order chi connectivity index (χ1) is 12.4. The van der Waals surface area contributed by atoms with Gasteiger partial charge < -0.3 is 9.80 Å². The minimum atomic E-state index is 1.03. The molecule has 0 radical (unpaired) electrons. The third-order valence-electron chi connectivity index (χ3n) is 5.72. The fourth-order valence-corrected chi connectivity index (χ4v) is 4.30. The second kappa shape index (κ2) is 7.95. The average Bonchev–Trinajstić information content (AvgIpc) is 3.05. The second-order valence-corrected chi connectivity index (χ2v) is 7.57. The van der Waals surface area contributed by atoms with Gasteiger partial charge in [0, 0.05) is 37.6 Å². The second-order valence-electron chi connectivity index (χ2n) is 7.57. The van der Waals surface area contributed by atoms with Crippen LogP contribution in [0.2, 0.25) is 0 Å². The Morgan fingerprint density at radius 2 is 1.28 bits per heavy atom. The zero-order valence-electron chi connectivity index (χ0n) is 15.3. The molecule has 2 saturated heterocycles. The lowest BCUT2D eigenvalue weighted by Crippen LogP contribution is -2.25. The summed E-state index contributed by atoms with van der Waals surface area (Å²) in [6.07, 6.45) is 9.16. The molecule has 0 unspecified atom stereocenters. The highest BCUT2D eigenvalue weighted by atomic mass is 15.2. The lowest BCUT2D eigenvalue weighted by atomic mass is 10.0. The van der Waals surface area contributed by atoms with Crippen LogP contribution in [-0.2, 0) is 6.42 Å². The van der Waals surface area contributed by atoms with Crippen molar-refractivity contribution in [1.82, 2.24) is 0 Å². The molecule has 2 nitrogen and oxygen atoms in total. The van der Waals surface area contributed by atoms with Crippen molar-refractivity contribution in [3.05, 3.63) is 59.7 Å². The minimum Gasteiger partial charge on any atom is -0.371 e. The topological polar surface area (TPSA) is 6.48 Å². The summed E-state index contributed by atoms with van der Waals surface area (Å²) in [5, 5.41) is 0. The molecule has 0 atom stereocenters. The van der Waals surface area contributed by atoms with Gasteiger partial charge in [0.2, 0.25) is 0 Å². The van der Waals surface area contributed by atoms with Gasteiger partial charge in [-0.1, -0.05) is 49.2 Å². The van der Waals surface area contributed by atoms with E-state index >= 15 is 0 Å². The molecule has 0 saturated carbocycles. The zero-order chi connectivity index (χ0) is 16.9. The smallest absolute Gasteiger partial charge is 0.0422 e. The fraction of sp³-hybridized carbons (Fsp3) is 0.478. The molecule has 0 N–H and O–H groups in total. The van der Waals surface area contributed by atoms with Gasteiger partial charge in [-0.15, -0.1) is 0 Å². The predicted molar refractivity (Wildman–Crippen MR) is 108 cm³/mol. The van der Waals surface area contributed by atoms with Gasteiger partial charge in [-0.25, -0.2) is 0 Å². The monoisotopic (exact) mass is 334 g/mol. The summed E-state index contributed by atoms with van der Waals surface area (Å²) in [5.74, 6) is 0. The molecule has 2 aromatic rings. The standard InChI is InChI=1S/C23H30N2/c1-2-7-15-24(14-6-1)22-13-12-21(18-20-10-4-3-5-11-20)23(19-22)25-16-8-9-17-25/h3-5,10-13,19H,1-2,6-9,14-18H2. The van der Waals surface area contributed by atoms with Crippen LogP contribution in [0.4, 0.5) is 11.4 Å². The average molecular weight is 335 g/mol. The quantitative estimate of drug-likeness (QED) is 0.752. The van der Waals surface area contributed by atoms with Crippen LogP contribution in [0.3, 0.4) is 0 Å². The Morgan fingerprint density at radius 3 is 2.00 bits per heavy atom. The first-order valence-corrected chi connectivity index (χ1v) is 10.1. The number of nitrogens with zero attached hydrogens (tertiary/aromatic N) is 2. The lowest BCUT2D eigenvalue weighted by Gasteiger charge is -2.27. The van der Waals surface area contributed by atoms with Gasteiger partial charge in [-0.05, 0) is 55.4 Å². The molecule has 2 heterocycles. The molecule has 0 aliphatic carbocycles. The summed E-state index contributed by atoms with van der Waals surface area (Å²) in [6, 6.07) is 18.1. The van der Waals surface area contributed by atoms with Gasteiger partial charge in [0.25, 0.3) is 0 Å². The van der Waals surface area contributed by atoms with Crippen LogP contribution in [-0.4, -0.2) is 26.2 Å². The van der Waals surface area contributed by atoms with E-state index in [4.69, 9.17) is 0 Å². The Hall–Kier alpha value is -1.96. The third kappa shape index (κ3) is 4.00. The highest BCUT2D eigenvalue weighted by molar-refractivity contribution is 5.65. The summed E-state index contributed by atoms with van der Waals surface area (Å²) < 4.78 is 0. The van der Waals surface area contributed by atoms with Crippen LogP contribution < -0.4 is 9.80 Å². The first-order valence-electron chi connectivity index (χ1n) is 10.1. The van der Waals surface area contributed by atoms with Crippen molar-refractivity contribution < 1.29 is 0 Å². The molecule has 2 fully saturated rings. The van der Waals surface area contributed by atoms with Gasteiger partial charge in [0.15, 0.2) is 0 Å². The van der Waals surface area contributed by atoms with E-state index < -0.39 is 0 Å². The largest absolute Gasteiger partial charge is 0.371 e. The Labute approximate surface area is 152 Å². The summed E-state index contributed by atoms with van der Waals surface area (Å²) in [4.78, 5) is 5.22. The van der Waals surface area contributed by atoms with Crippen LogP contribution >= 0.6 is 0 Å². The van der Waals surface area contributed by atoms with E-state index in [0.717, 1.165) is 6.42 Å². The zero-order valence-corrected chi connectivity index (χ0v) is 15.3. The van der Waals surface area contributed by atoms with Gasteiger partial charge in [0.1, 0.15) is 0 Å². The highest BCUT2D eigenvalue weighted by Crippen LogP contribution is 2.32. The summed E-state index contributed by atoms with van der Waals surface area (Å²) in [6.45, 7) is 4.87. The maximum absolute atomic E-state index is 2.61. The number of rotatable bonds is 4. The molecule has 2 heteroatoms. The van der Waals surface area contributed by atoms with E-state index in [9.17, 15) is 0 Å². The highest BCUT2D eigenvalue weighted by Gasteiger charge is 2.18. The minimum absolute atomic E-state index is 1.03. The molecule has 132 valence electrons. The Morgan fingerprint density at radius 1 is 0.640 bits per heavy atom. The Bertz CT molecular complexity index is 666. The van der Waals surface area contributed by atoms with Crippen LogP contribution in [0.1, 0.15) is 49.7 Å². The number of benzene rings is 2. The SMILES string of the molecule is c1ccc(Cc2ccc(N3CCCCCC3)cc2N2CCCC2)cc1. The van der Waals surface area contributed by atoms with Crippen molar-refractivity contribution in [2.75, 3.05) is 36.0 Å². The molecule has 4 rings (SSSR count). The Kier molecular flexibility index (Phi) is 5.25. The molecule has 0 amide bonds. The molecule has 0 bridgehead atoms. The van der Waals surface area contributed by atoms with Gasteiger partial charge in [-0.2, -0.15) is 0 Å². The number of hydrogen-bond acceptors (Lipinski definition) is 2. The van der Waals surface area contributed by atoms with Crippen LogP contribution in [0.15, 0.2) is 48.5 Å². The van der Waals surface area contributed by atoms with Crippen molar-refractivity contribution in [1.29, 1.82) is 0 Å². The fourth-order valence-electron chi connectivity index (χ4n) is 4.30. The van der Waals surface area contributed by atoms with Crippen molar-refractivity contribution in [3.63, 3.8) is 0 Å². The maximum atomic E-state index is 2.61. The van der Waals surface area contributed by atoms with E-state index in [1.807, 2.05) is 0 Å². The van der Waals surface area contributed by atoms with Crippen molar-refractivity contribution >= 4 is 11.4 Å². The summed E-state index contributed by atoms with van der Waals surface area (Å²) in [7, 11) is 0.